The standard InChI is InChI=1S/C19H26N2/c1-4-13-20-19(18-11-7-16(3)21-14-18)12-10-17-8-5-15(2)6-9-17/h5-9,11,14,19-20H,4,10,12-13H2,1-3H3. The van der Waals surface area contributed by atoms with Crippen molar-refractivity contribution in [3.05, 3.63) is 65.0 Å². The molecular weight excluding hydrogens is 256 g/mol. The van der Waals surface area contributed by atoms with Crippen LogP contribution in [0.3, 0.4) is 0 Å². The quantitative estimate of drug-likeness (QED) is 0.815. The molecule has 0 aliphatic rings. The van der Waals surface area contributed by atoms with Gasteiger partial charge in [0.25, 0.3) is 0 Å². The summed E-state index contributed by atoms with van der Waals surface area (Å²) in [5.74, 6) is 0. The highest BCUT2D eigenvalue weighted by Gasteiger charge is 2.11. The summed E-state index contributed by atoms with van der Waals surface area (Å²) in [6.45, 7) is 7.42. The van der Waals surface area contributed by atoms with Crippen molar-refractivity contribution in [2.45, 2.75) is 46.1 Å². The number of benzene rings is 1. The van der Waals surface area contributed by atoms with Crippen LogP contribution in [-0.2, 0) is 6.42 Å². The van der Waals surface area contributed by atoms with E-state index < -0.39 is 0 Å². The first-order valence-electron chi connectivity index (χ1n) is 7.90. The van der Waals surface area contributed by atoms with Crippen LogP contribution in [-0.4, -0.2) is 11.5 Å². The normalized spacial score (nSPS) is 12.3. The predicted molar refractivity (Wildman–Crippen MR) is 89.5 cm³/mol. The molecule has 1 aromatic carbocycles. The Kier molecular flexibility index (Phi) is 5.94. The Hall–Kier alpha value is -1.67. The van der Waals surface area contributed by atoms with E-state index in [1.165, 1.54) is 16.7 Å². The molecule has 112 valence electrons. The van der Waals surface area contributed by atoms with Crippen LogP contribution in [0.4, 0.5) is 0 Å². The Labute approximate surface area is 128 Å². The molecule has 21 heavy (non-hydrogen) atoms. The number of rotatable bonds is 7. The van der Waals surface area contributed by atoms with Crippen LogP contribution >= 0.6 is 0 Å². The second-order valence-corrected chi connectivity index (χ2v) is 5.76. The van der Waals surface area contributed by atoms with E-state index in [1.807, 2.05) is 13.1 Å². The molecule has 1 unspecified atom stereocenters. The topological polar surface area (TPSA) is 24.9 Å². The zero-order chi connectivity index (χ0) is 15.1. The number of aromatic nitrogens is 1. The zero-order valence-corrected chi connectivity index (χ0v) is 13.4. The summed E-state index contributed by atoms with van der Waals surface area (Å²) in [4.78, 5) is 4.43. The maximum atomic E-state index is 4.43. The van der Waals surface area contributed by atoms with Gasteiger partial charge in [-0.25, -0.2) is 0 Å². The molecule has 2 heteroatoms. The van der Waals surface area contributed by atoms with Crippen LogP contribution in [0.15, 0.2) is 42.6 Å². The van der Waals surface area contributed by atoms with E-state index in [-0.39, 0.29) is 0 Å². The van der Waals surface area contributed by atoms with Crippen LogP contribution in [0.25, 0.3) is 0 Å². The molecule has 0 bridgehead atoms. The van der Waals surface area contributed by atoms with Gasteiger partial charge >= 0.3 is 0 Å². The minimum atomic E-state index is 0.388. The molecule has 0 spiro atoms. The fourth-order valence-corrected chi connectivity index (χ4v) is 2.46. The van der Waals surface area contributed by atoms with Crippen molar-refractivity contribution in [1.82, 2.24) is 10.3 Å². The Balaban J connectivity index is 2.02. The molecule has 1 atom stereocenters. The van der Waals surface area contributed by atoms with Gasteiger partial charge in [-0.05, 0) is 56.8 Å². The highest BCUT2D eigenvalue weighted by Crippen LogP contribution is 2.19. The molecule has 0 aliphatic heterocycles. The number of hydrogen-bond acceptors (Lipinski definition) is 2. The first-order chi connectivity index (χ1) is 10.2. The second-order valence-electron chi connectivity index (χ2n) is 5.76. The van der Waals surface area contributed by atoms with Gasteiger partial charge in [0, 0.05) is 17.9 Å². The first-order valence-corrected chi connectivity index (χ1v) is 7.90. The van der Waals surface area contributed by atoms with Crippen molar-refractivity contribution in [2.24, 2.45) is 0 Å². The molecule has 0 amide bonds. The van der Waals surface area contributed by atoms with Crippen molar-refractivity contribution in [2.75, 3.05) is 6.54 Å². The maximum absolute atomic E-state index is 4.43. The molecule has 1 aromatic heterocycles. The summed E-state index contributed by atoms with van der Waals surface area (Å²) in [5, 5.41) is 3.65. The van der Waals surface area contributed by atoms with Gasteiger partial charge in [-0.1, -0.05) is 42.8 Å². The minimum Gasteiger partial charge on any atom is -0.310 e. The summed E-state index contributed by atoms with van der Waals surface area (Å²) in [5.41, 5.74) is 5.10. The fraction of sp³-hybridized carbons (Fsp3) is 0.421. The lowest BCUT2D eigenvalue weighted by molar-refractivity contribution is 0.498. The van der Waals surface area contributed by atoms with Crippen LogP contribution in [0.1, 0.15) is 48.2 Å². The molecule has 1 heterocycles. The lowest BCUT2D eigenvalue weighted by Gasteiger charge is -2.19. The highest BCUT2D eigenvalue weighted by atomic mass is 14.9. The molecule has 0 fully saturated rings. The fourth-order valence-electron chi connectivity index (χ4n) is 2.46. The maximum Gasteiger partial charge on any atom is 0.0372 e. The number of nitrogens with one attached hydrogen (secondary N) is 1. The molecular formula is C19H26N2. The molecule has 0 saturated carbocycles. The van der Waals surface area contributed by atoms with Gasteiger partial charge in [0.1, 0.15) is 0 Å². The number of pyridine rings is 1. The molecule has 2 aromatic rings. The molecule has 0 saturated heterocycles. The lowest BCUT2D eigenvalue weighted by atomic mass is 9.99. The van der Waals surface area contributed by atoms with Crippen molar-refractivity contribution in [3.8, 4) is 0 Å². The van der Waals surface area contributed by atoms with Crippen molar-refractivity contribution in [3.63, 3.8) is 0 Å². The van der Waals surface area contributed by atoms with Gasteiger partial charge in [-0.15, -0.1) is 0 Å². The minimum absolute atomic E-state index is 0.388. The van der Waals surface area contributed by atoms with Gasteiger partial charge in [0.15, 0.2) is 0 Å². The molecule has 2 rings (SSSR count). The average molecular weight is 282 g/mol. The SMILES string of the molecule is CCCNC(CCc1ccc(C)cc1)c1ccc(C)nc1. The molecule has 1 N–H and O–H groups in total. The van der Waals surface area contributed by atoms with Gasteiger partial charge < -0.3 is 5.32 Å². The summed E-state index contributed by atoms with van der Waals surface area (Å²) in [6.07, 6.45) is 5.36. The zero-order valence-electron chi connectivity index (χ0n) is 13.4. The van der Waals surface area contributed by atoms with Crippen molar-refractivity contribution in [1.29, 1.82) is 0 Å². The van der Waals surface area contributed by atoms with E-state index >= 15 is 0 Å². The first kappa shape index (κ1) is 15.7. The Morgan fingerprint density at radius 1 is 1.05 bits per heavy atom. The third-order valence-electron chi connectivity index (χ3n) is 3.82. The third-order valence-corrected chi connectivity index (χ3v) is 3.82. The van der Waals surface area contributed by atoms with Crippen LogP contribution < -0.4 is 5.32 Å². The molecule has 0 radical (unpaired) electrons. The van der Waals surface area contributed by atoms with E-state index in [0.29, 0.717) is 6.04 Å². The van der Waals surface area contributed by atoms with E-state index in [1.54, 1.807) is 0 Å². The number of aryl methyl sites for hydroxylation is 3. The van der Waals surface area contributed by atoms with Crippen LogP contribution in [0, 0.1) is 13.8 Å². The molecule has 2 nitrogen and oxygen atoms in total. The number of nitrogens with zero attached hydrogens (tertiary/aromatic N) is 1. The summed E-state index contributed by atoms with van der Waals surface area (Å²) in [7, 11) is 0. The second kappa shape index (κ2) is 7.94. The smallest absolute Gasteiger partial charge is 0.0372 e. The van der Waals surface area contributed by atoms with E-state index in [2.05, 4.69) is 60.5 Å². The van der Waals surface area contributed by atoms with Crippen LogP contribution in [0.5, 0.6) is 0 Å². The van der Waals surface area contributed by atoms with E-state index in [9.17, 15) is 0 Å². The van der Waals surface area contributed by atoms with Crippen LogP contribution in [0.2, 0.25) is 0 Å². The van der Waals surface area contributed by atoms with Gasteiger partial charge in [0.05, 0.1) is 0 Å². The predicted octanol–water partition coefficient (Wildman–Crippen LogP) is 4.37. The summed E-state index contributed by atoms with van der Waals surface area (Å²) < 4.78 is 0. The lowest BCUT2D eigenvalue weighted by Crippen LogP contribution is -2.23. The summed E-state index contributed by atoms with van der Waals surface area (Å²) >= 11 is 0. The Bertz CT molecular complexity index is 528. The Morgan fingerprint density at radius 3 is 2.43 bits per heavy atom. The van der Waals surface area contributed by atoms with Gasteiger partial charge in [0.2, 0.25) is 0 Å². The van der Waals surface area contributed by atoms with Crippen molar-refractivity contribution < 1.29 is 0 Å². The third kappa shape index (κ3) is 4.98. The van der Waals surface area contributed by atoms with Gasteiger partial charge in [-0.3, -0.25) is 4.98 Å². The monoisotopic (exact) mass is 282 g/mol. The van der Waals surface area contributed by atoms with Gasteiger partial charge in [-0.2, -0.15) is 0 Å². The number of hydrogen-bond donors (Lipinski definition) is 1. The summed E-state index contributed by atoms with van der Waals surface area (Å²) in [6, 6.07) is 13.5. The largest absolute Gasteiger partial charge is 0.310 e. The molecule has 0 aliphatic carbocycles. The van der Waals surface area contributed by atoms with E-state index in [0.717, 1.165) is 31.5 Å². The van der Waals surface area contributed by atoms with E-state index in [4.69, 9.17) is 0 Å². The Morgan fingerprint density at radius 2 is 1.81 bits per heavy atom. The highest BCUT2D eigenvalue weighted by molar-refractivity contribution is 5.22. The van der Waals surface area contributed by atoms with Crippen molar-refractivity contribution >= 4 is 0 Å². The average Bonchev–Trinajstić information content (AvgIpc) is 2.50.